The van der Waals surface area contributed by atoms with Crippen molar-refractivity contribution in [3.63, 3.8) is 0 Å². The molecule has 0 radical (unpaired) electrons. The van der Waals surface area contributed by atoms with Crippen LogP contribution >= 0.6 is 15.9 Å². The van der Waals surface area contributed by atoms with Gasteiger partial charge in [-0.05, 0) is 28.1 Å². The molecule has 0 fully saturated rings. The average Bonchev–Trinajstić information content (AvgIpc) is 2.54. The van der Waals surface area contributed by atoms with Crippen molar-refractivity contribution in [3.8, 4) is 17.0 Å². The van der Waals surface area contributed by atoms with Crippen molar-refractivity contribution in [2.45, 2.75) is 0 Å². The summed E-state index contributed by atoms with van der Waals surface area (Å²) in [6.07, 6.45) is 0. The highest BCUT2D eigenvalue weighted by molar-refractivity contribution is 9.10. The van der Waals surface area contributed by atoms with Crippen LogP contribution < -0.4 is 5.73 Å². The van der Waals surface area contributed by atoms with Crippen molar-refractivity contribution in [3.05, 3.63) is 28.5 Å². The zero-order chi connectivity index (χ0) is 11.9. The summed E-state index contributed by atoms with van der Waals surface area (Å²) in [7, 11) is 1.67. The fraction of sp³-hybridized carbons (Fsp3) is 0.100. The Kier molecular flexibility index (Phi) is 2.59. The molecule has 0 saturated heterocycles. The minimum Gasteiger partial charge on any atom is -0.504 e. The van der Waals surface area contributed by atoms with Crippen molar-refractivity contribution in [1.82, 2.24) is 9.78 Å². The maximum atomic E-state index is 13.2. The number of nitrogens with two attached hydrogens (primary N) is 1. The Bertz CT molecular complexity index is 534. The number of hydrogen-bond donors (Lipinski definition) is 2. The molecule has 0 aliphatic rings. The number of phenols is 1. The Balaban J connectivity index is 2.68. The molecule has 2 aromatic rings. The van der Waals surface area contributed by atoms with E-state index in [1.54, 1.807) is 13.1 Å². The highest BCUT2D eigenvalue weighted by atomic mass is 79.9. The van der Waals surface area contributed by atoms with Gasteiger partial charge in [-0.15, -0.1) is 0 Å². The maximum Gasteiger partial charge on any atom is 0.165 e. The van der Waals surface area contributed by atoms with Gasteiger partial charge in [0.05, 0.1) is 11.3 Å². The van der Waals surface area contributed by atoms with Crippen LogP contribution in [0, 0.1) is 5.82 Å². The van der Waals surface area contributed by atoms with Crippen LogP contribution in [0.2, 0.25) is 0 Å². The number of halogens is 2. The molecular formula is C10H9BrFN3O. The summed E-state index contributed by atoms with van der Waals surface area (Å²) in [5, 5.41) is 13.7. The lowest BCUT2D eigenvalue weighted by Crippen LogP contribution is -1.96. The van der Waals surface area contributed by atoms with Gasteiger partial charge in [0.1, 0.15) is 5.82 Å². The van der Waals surface area contributed by atoms with Gasteiger partial charge < -0.3 is 10.8 Å². The molecule has 0 unspecified atom stereocenters. The van der Waals surface area contributed by atoms with Gasteiger partial charge in [-0.25, -0.2) is 4.39 Å². The average molecular weight is 286 g/mol. The first-order valence-electron chi connectivity index (χ1n) is 4.47. The van der Waals surface area contributed by atoms with Crippen molar-refractivity contribution < 1.29 is 9.50 Å². The molecule has 1 aromatic carbocycles. The lowest BCUT2D eigenvalue weighted by atomic mass is 10.1. The van der Waals surface area contributed by atoms with E-state index in [1.807, 2.05) is 0 Å². The van der Waals surface area contributed by atoms with Gasteiger partial charge in [0, 0.05) is 17.6 Å². The van der Waals surface area contributed by atoms with Gasteiger partial charge in [-0.1, -0.05) is 0 Å². The number of aromatic hydroxyl groups is 1. The standard InChI is InChI=1S/C10H9BrFN3O/c1-15-8(13)4-7(14-15)9-5(11)2-3-6(12)10(9)16/h2-4,16H,13H2,1H3. The Morgan fingerprint density at radius 3 is 2.75 bits per heavy atom. The number of aryl methyl sites for hydroxylation is 1. The largest absolute Gasteiger partial charge is 0.504 e. The molecule has 0 spiro atoms. The van der Waals surface area contributed by atoms with Crippen LogP contribution in [0.5, 0.6) is 5.75 Å². The first kappa shape index (κ1) is 10.9. The molecule has 84 valence electrons. The number of nitrogens with zero attached hydrogens (tertiary/aromatic N) is 2. The molecule has 0 aliphatic heterocycles. The number of benzene rings is 1. The third-order valence-corrected chi connectivity index (χ3v) is 2.91. The van der Waals surface area contributed by atoms with Crippen LogP contribution in [-0.4, -0.2) is 14.9 Å². The van der Waals surface area contributed by atoms with Crippen LogP contribution in [0.1, 0.15) is 0 Å². The van der Waals surface area contributed by atoms with Crippen LogP contribution in [0.25, 0.3) is 11.3 Å². The molecule has 0 atom stereocenters. The lowest BCUT2D eigenvalue weighted by molar-refractivity contribution is 0.434. The number of rotatable bonds is 1. The van der Waals surface area contributed by atoms with E-state index in [1.165, 1.54) is 16.8 Å². The zero-order valence-electron chi connectivity index (χ0n) is 8.41. The minimum absolute atomic E-state index is 0.298. The normalized spacial score (nSPS) is 10.7. The Morgan fingerprint density at radius 2 is 2.19 bits per heavy atom. The molecular weight excluding hydrogens is 277 g/mol. The Labute approximate surface area is 99.6 Å². The summed E-state index contributed by atoms with van der Waals surface area (Å²) >= 11 is 3.24. The van der Waals surface area contributed by atoms with Crippen LogP contribution in [0.15, 0.2) is 22.7 Å². The lowest BCUT2D eigenvalue weighted by Gasteiger charge is -2.04. The molecule has 16 heavy (non-hydrogen) atoms. The molecule has 1 heterocycles. The van der Waals surface area contributed by atoms with Crippen molar-refractivity contribution in [2.24, 2.45) is 7.05 Å². The molecule has 6 heteroatoms. The first-order chi connectivity index (χ1) is 7.50. The monoisotopic (exact) mass is 285 g/mol. The quantitative estimate of drug-likeness (QED) is 0.845. The predicted molar refractivity (Wildman–Crippen MR) is 62.4 cm³/mol. The van der Waals surface area contributed by atoms with E-state index in [2.05, 4.69) is 21.0 Å². The third-order valence-electron chi connectivity index (χ3n) is 2.25. The van der Waals surface area contributed by atoms with Crippen LogP contribution in [0.3, 0.4) is 0 Å². The van der Waals surface area contributed by atoms with E-state index >= 15 is 0 Å². The fourth-order valence-electron chi connectivity index (χ4n) is 1.39. The number of phenolic OH excluding ortho intramolecular Hbond substituents is 1. The first-order valence-corrected chi connectivity index (χ1v) is 5.27. The molecule has 2 rings (SSSR count). The van der Waals surface area contributed by atoms with Crippen molar-refractivity contribution in [2.75, 3.05) is 5.73 Å². The third kappa shape index (κ3) is 1.65. The summed E-state index contributed by atoms with van der Waals surface area (Å²) in [4.78, 5) is 0. The molecule has 0 saturated carbocycles. The summed E-state index contributed by atoms with van der Waals surface area (Å²) < 4.78 is 15.2. The zero-order valence-corrected chi connectivity index (χ0v) is 9.99. The molecule has 0 amide bonds. The number of nitrogen functional groups attached to an aromatic ring is 1. The second-order valence-electron chi connectivity index (χ2n) is 3.33. The fourth-order valence-corrected chi connectivity index (χ4v) is 1.91. The summed E-state index contributed by atoms with van der Waals surface area (Å²) in [5.74, 6) is -0.694. The summed E-state index contributed by atoms with van der Waals surface area (Å²) in [6.45, 7) is 0. The van der Waals surface area contributed by atoms with E-state index in [-0.39, 0.29) is 0 Å². The number of anilines is 1. The molecule has 0 bridgehead atoms. The molecule has 1 aromatic heterocycles. The minimum atomic E-state index is -0.692. The predicted octanol–water partition coefficient (Wildman–Crippen LogP) is 2.28. The van der Waals surface area contributed by atoms with Crippen LogP contribution in [0.4, 0.5) is 10.2 Å². The van der Waals surface area contributed by atoms with Gasteiger partial charge in [-0.3, -0.25) is 4.68 Å². The van der Waals surface area contributed by atoms with Crippen molar-refractivity contribution >= 4 is 21.7 Å². The Hall–Kier alpha value is -1.56. The van der Waals surface area contributed by atoms with Crippen molar-refractivity contribution in [1.29, 1.82) is 0 Å². The smallest absolute Gasteiger partial charge is 0.165 e. The Morgan fingerprint density at radius 1 is 1.50 bits per heavy atom. The van der Waals surface area contributed by atoms with E-state index in [0.29, 0.717) is 21.5 Å². The van der Waals surface area contributed by atoms with E-state index in [0.717, 1.165) is 0 Å². The molecule has 4 nitrogen and oxygen atoms in total. The number of hydrogen-bond acceptors (Lipinski definition) is 3. The SMILES string of the molecule is Cn1nc(-c2c(Br)ccc(F)c2O)cc1N. The molecule has 0 aliphatic carbocycles. The van der Waals surface area contributed by atoms with Gasteiger partial charge in [0.15, 0.2) is 11.6 Å². The highest BCUT2D eigenvalue weighted by Gasteiger charge is 2.16. The van der Waals surface area contributed by atoms with Crippen LogP contribution in [-0.2, 0) is 7.05 Å². The van der Waals surface area contributed by atoms with Gasteiger partial charge in [0.2, 0.25) is 0 Å². The van der Waals surface area contributed by atoms with E-state index in [4.69, 9.17) is 5.73 Å². The van der Waals surface area contributed by atoms with Gasteiger partial charge in [-0.2, -0.15) is 5.10 Å². The topological polar surface area (TPSA) is 64.1 Å². The van der Waals surface area contributed by atoms with E-state index < -0.39 is 11.6 Å². The number of aromatic nitrogens is 2. The van der Waals surface area contributed by atoms with Gasteiger partial charge in [0.25, 0.3) is 0 Å². The second-order valence-corrected chi connectivity index (χ2v) is 4.19. The molecule has 3 N–H and O–H groups in total. The second kappa shape index (κ2) is 3.79. The summed E-state index contributed by atoms with van der Waals surface area (Å²) in [6, 6.07) is 4.25. The maximum absolute atomic E-state index is 13.2. The van der Waals surface area contributed by atoms with Gasteiger partial charge >= 0.3 is 0 Å². The summed E-state index contributed by atoms with van der Waals surface area (Å²) in [5.41, 5.74) is 6.34. The highest BCUT2D eigenvalue weighted by Crippen LogP contribution is 2.37. The van der Waals surface area contributed by atoms with E-state index in [9.17, 15) is 9.50 Å².